The lowest BCUT2D eigenvalue weighted by atomic mass is 9.83. The normalized spacial score (nSPS) is 23.4. The molecule has 4 heteroatoms. The summed E-state index contributed by atoms with van der Waals surface area (Å²) in [5.41, 5.74) is 0.463. The first-order valence-corrected chi connectivity index (χ1v) is 7.94. The predicted octanol–water partition coefficient (Wildman–Crippen LogP) is 3.15. The topological polar surface area (TPSA) is 49.3 Å². The molecule has 0 radical (unpaired) electrons. The Morgan fingerprint density at radius 1 is 1.20 bits per heavy atom. The fourth-order valence-electron chi connectivity index (χ4n) is 2.58. The lowest BCUT2D eigenvalue weighted by Gasteiger charge is -2.31. The molecule has 0 aliphatic heterocycles. The van der Waals surface area contributed by atoms with Crippen molar-refractivity contribution < 1.29 is 9.90 Å². The first-order valence-electron chi connectivity index (χ1n) is 7.14. The van der Waals surface area contributed by atoms with Crippen molar-refractivity contribution in [3.05, 3.63) is 34.3 Å². The summed E-state index contributed by atoms with van der Waals surface area (Å²) in [6.07, 6.45) is 3.10. The van der Waals surface area contributed by atoms with Crippen molar-refractivity contribution >= 4 is 21.8 Å². The highest BCUT2D eigenvalue weighted by Crippen LogP contribution is 2.26. The van der Waals surface area contributed by atoms with Crippen molar-refractivity contribution in [2.24, 2.45) is 0 Å². The van der Waals surface area contributed by atoms with E-state index in [1.807, 2.05) is 38.1 Å². The number of aliphatic hydroxyl groups is 1. The summed E-state index contributed by atoms with van der Waals surface area (Å²) < 4.78 is 1.01. The maximum Gasteiger partial charge on any atom is 0.230 e. The van der Waals surface area contributed by atoms with Gasteiger partial charge in [0.2, 0.25) is 5.91 Å². The molecule has 0 spiro atoms. The monoisotopic (exact) mass is 339 g/mol. The van der Waals surface area contributed by atoms with Crippen LogP contribution in [0.25, 0.3) is 0 Å². The number of hydrogen-bond donors (Lipinski definition) is 2. The van der Waals surface area contributed by atoms with E-state index in [4.69, 9.17) is 0 Å². The predicted molar refractivity (Wildman–Crippen MR) is 83.6 cm³/mol. The third kappa shape index (κ3) is 3.61. The second-order valence-electron chi connectivity index (χ2n) is 6.11. The van der Waals surface area contributed by atoms with Gasteiger partial charge in [-0.1, -0.05) is 28.1 Å². The second kappa shape index (κ2) is 6.27. The van der Waals surface area contributed by atoms with Gasteiger partial charge in [-0.3, -0.25) is 4.79 Å². The molecule has 20 heavy (non-hydrogen) atoms. The molecular formula is C16H22BrNO2. The van der Waals surface area contributed by atoms with Crippen LogP contribution < -0.4 is 5.32 Å². The van der Waals surface area contributed by atoms with E-state index < -0.39 is 5.41 Å². The van der Waals surface area contributed by atoms with Gasteiger partial charge in [0.25, 0.3) is 0 Å². The van der Waals surface area contributed by atoms with Crippen LogP contribution in [0.15, 0.2) is 28.7 Å². The molecule has 1 saturated carbocycles. The zero-order chi connectivity index (χ0) is 14.8. The Labute approximate surface area is 128 Å². The fraction of sp³-hybridized carbons (Fsp3) is 0.562. The molecular weight excluding hydrogens is 318 g/mol. The van der Waals surface area contributed by atoms with Crippen LogP contribution in [0.5, 0.6) is 0 Å². The lowest BCUT2D eigenvalue weighted by Crippen LogP contribution is -2.46. The molecule has 1 aromatic rings. The molecule has 0 bridgehead atoms. The molecule has 1 aliphatic rings. The van der Waals surface area contributed by atoms with Gasteiger partial charge in [0, 0.05) is 10.5 Å². The van der Waals surface area contributed by atoms with Crippen LogP contribution in [0.1, 0.15) is 45.1 Å². The molecule has 0 unspecified atom stereocenters. The number of halogens is 1. The summed E-state index contributed by atoms with van der Waals surface area (Å²) in [6, 6.07) is 8.08. The molecule has 3 nitrogen and oxygen atoms in total. The number of hydrogen-bond acceptors (Lipinski definition) is 2. The van der Waals surface area contributed by atoms with Gasteiger partial charge in [-0.25, -0.2) is 0 Å². The zero-order valence-electron chi connectivity index (χ0n) is 12.0. The van der Waals surface area contributed by atoms with Crippen molar-refractivity contribution in [3.8, 4) is 0 Å². The van der Waals surface area contributed by atoms with Crippen molar-refractivity contribution in [1.29, 1.82) is 0 Å². The molecule has 1 aromatic carbocycles. The van der Waals surface area contributed by atoms with E-state index in [9.17, 15) is 9.90 Å². The molecule has 1 amide bonds. The van der Waals surface area contributed by atoms with Crippen molar-refractivity contribution in [3.63, 3.8) is 0 Å². The smallest absolute Gasteiger partial charge is 0.230 e. The summed E-state index contributed by atoms with van der Waals surface area (Å²) in [4.78, 5) is 12.5. The number of benzene rings is 1. The van der Waals surface area contributed by atoms with E-state index in [0.717, 1.165) is 35.7 Å². The van der Waals surface area contributed by atoms with E-state index in [2.05, 4.69) is 21.2 Å². The zero-order valence-corrected chi connectivity index (χ0v) is 13.6. The van der Waals surface area contributed by atoms with Gasteiger partial charge in [-0.15, -0.1) is 0 Å². The molecule has 2 rings (SSSR count). The van der Waals surface area contributed by atoms with Gasteiger partial charge in [0.1, 0.15) is 0 Å². The first kappa shape index (κ1) is 15.5. The molecule has 0 atom stereocenters. The van der Waals surface area contributed by atoms with Crippen LogP contribution in [-0.4, -0.2) is 23.2 Å². The minimum Gasteiger partial charge on any atom is -0.393 e. The Hall–Kier alpha value is -0.870. The molecule has 0 heterocycles. The van der Waals surface area contributed by atoms with E-state index in [0.29, 0.717) is 0 Å². The van der Waals surface area contributed by atoms with Crippen molar-refractivity contribution in [2.45, 2.75) is 57.1 Å². The number of carbonyl (C=O) groups is 1. The number of aliphatic hydroxyl groups excluding tert-OH is 1. The summed E-state index contributed by atoms with van der Waals surface area (Å²) in [5.74, 6) is 0.0567. The number of amides is 1. The largest absolute Gasteiger partial charge is 0.393 e. The van der Waals surface area contributed by atoms with E-state index >= 15 is 0 Å². The quantitative estimate of drug-likeness (QED) is 0.888. The van der Waals surface area contributed by atoms with E-state index in [-0.39, 0.29) is 18.1 Å². The van der Waals surface area contributed by atoms with Gasteiger partial charge in [-0.2, -0.15) is 0 Å². The highest BCUT2D eigenvalue weighted by molar-refractivity contribution is 9.10. The number of rotatable bonds is 3. The first-order chi connectivity index (χ1) is 9.39. The standard InChI is InChI=1S/C16H22BrNO2/c1-16(2,11-3-5-12(17)6-4-11)15(20)18-13-7-9-14(19)10-8-13/h3-6,13-14,19H,7-10H2,1-2H3,(H,18,20). The Morgan fingerprint density at radius 3 is 2.30 bits per heavy atom. The summed E-state index contributed by atoms with van der Waals surface area (Å²) >= 11 is 3.41. The van der Waals surface area contributed by atoms with Crippen LogP contribution in [0.4, 0.5) is 0 Å². The average Bonchev–Trinajstić information content (AvgIpc) is 2.42. The Kier molecular flexibility index (Phi) is 4.86. The second-order valence-corrected chi connectivity index (χ2v) is 7.03. The minimum atomic E-state index is -0.545. The Bertz CT molecular complexity index is 462. The fourth-order valence-corrected chi connectivity index (χ4v) is 2.85. The molecule has 0 saturated heterocycles. The van der Waals surface area contributed by atoms with Crippen LogP contribution in [-0.2, 0) is 10.2 Å². The number of carbonyl (C=O) groups excluding carboxylic acids is 1. The van der Waals surface area contributed by atoms with Gasteiger partial charge in [-0.05, 0) is 57.2 Å². The number of nitrogens with one attached hydrogen (secondary N) is 1. The minimum absolute atomic E-state index is 0.0567. The van der Waals surface area contributed by atoms with Gasteiger partial charge >= 0.3 is 0 Å². The van der Waals surface area contributed by atoms with Crippen molar-refractivity contribution in [2.75, 3.05) is 0 Å². The van der Waals surface area contributed by atoms with Crippen molar-refractivity contribution in [1.82, 2.24) is 5.32 Å². The summed E-state index contributed by atoms with van der Waals surface area (Å²) in [5, 5.41) is 12.6. The molecule has 1 fully saturated rings. The average molecular weight is 340 g/mol. The Morgan fingerprint density at radius 2 is 1.75 bits per heavy atom. The van der Waals surface area contributed by atoms with Crippen LogP contribution >= 0.6 is 15.9 Å². The highest BCUT2D eigenvalue weighted by atomic mass is 79.9. The SMILES string of the molecule is CC(C)(C(=O)NC1CCC(O)CC1)c1ccc(Br)cc1. The molecule has 1 aliphatic carbocycles. The maximum atomic E-state index is 12.5. The van der Waals surface area contributed by atoms with Gasteiger partial charge in [0.05, 0.1) is 11.5 Å². The van der Waals surface area contributed by atoms with E-state index in [1.165, 1.54) is 0 Å². The molecule has 110 valence electrons. The summed E-state index contributed by atoms with van der Waals surface area (Å²) in [7, 11) is 0. The Balaban J connectivity index is 2.01. The van der Waals surface area contributed by atoms with E-state index in [1.54, 1.807) is 0 Å². The van der Waals surface area contributed by atoms with Crippen LogP contribution in [0, 0.1) is 0 Å². The third-order valence-electron chi connectivity index (χ3n) is 4.17. The van der Waals surface area contributed by atoms with Crippen LogP contribution in [0.2, 0.25) is 0 Å². The van der Waals surface area contributed by atoms with Gasteiger partial charge < -0.3 is 10.4 Å². The summed E-state index contributed by atoms with van der Waals surface area (Å²) in [6.45, 7) is 3.90. The molecule has 0 aromatic heterocycles. The molecule has 2 N–H and O–H groups in total. The maximum absolute atomic E-state index is 12.5. The van der Waals surface area contributed by atoms with Crippen LogP contribution in [0.3, 0.4) is 0 Å². The highest BCUT2D eigenvalue weighted by Gasteiger charge is 2.32. The lowest BCUT2D eigenvalue weighted by molar-refractivity contribution is -0.126. The van der Waals surface area contributed by atoms with Gasteiger partial charge in [0.15, 0.2) is 0 Å². The third-order valence-corrected chi connectivity index (χ3v) is 4.69.